The number of rotatable bonds is 6. The van der Waals surface area contributed by atoms with E-state index in [-0.39, 0.29) is 5.91 Å². The fourth-order valence-corrected chi connectivity index (χ4v) is 4.20. The van der Waals surface area contributed by atoms with Crippen LogP contribution in [0.1, 0.15) is 20.9 Å². The number of carbonyl (C=O) groups excluding carboxylic acids is 1. The van der Waals surface area contributed by atoms with Gasteiger partial charge in [0, 0.05) is 29.2 Å². The van der Waals surface area contributed by atoms with Crippen LogP contribution in [0.5, 0.6) is 5.75 Å². The molecule has 2 heterocycles. The molecule has 0 spiro atoms. The van der Waals surface area contributed by atoms with Crippen molar-refractivity contribution >= 4 is 28.1 Å². The van der Waals surface area contributed by atoms with Gasteiger partial charge in [0.1, 0.15) is 15.6 Å². The summed E-state index contributed by atoms with van der Waals surface area (Å²) in [5.41, 5.74) is 4.01. The Bertz CT molecular complexity index is 1130. The van der Waals surface area contributed by atoms with Crippen LogP contribution in [0.25, 0.3) is 21.5 Å². The maximum Gasteiger partial charge on any atom is 0.263 e. The van der Waals surface area contributed by atoms with Crippen molar-refractivity contribution in [2.75, 3.05) is 13.7 Å². The number of carbonyl (C=O) groups is 1. The topological polar surface area (TPSA) is 67.0 Å². The summed E-state index contributed by atoms with van der Waals surface area (Å²) in [7, 11) is 1.64. The Morgan fingerprint density at radius 3 is 2.93 bits per heavy atom. The van der Waals surface area contributed by atoms with Crippen molar-refractivity contribution in [1.29, 1.82) is 0 Å². The highest BCUT2D eigenvalue weighted by Crippen LogP contribution is 2.30. The van der Waals surface area contributed by atoms with Crippen molar-refractivity contribution in [3.8, 4) is 16.3 Å². The molecule has 0 radical (unpaired) electrons. The van der Waals surface area contributed by atoms with Crippen LogP contribution in [-0.2, 0) is 6.42 Å². The summed E-state index contributed by atoms with van der Waals surface area (Å²) in [6.45, 7) is 2.45. The molecular formula is C22H21N3O2S. The van der Waals surface area contributed by atoms with E-state index in [4.69, 9.17) is 4.74 Å². The molecule has 2 aromatic heterocycles. The monoisotopic (exact) mass is 391 g/mol. The number of benzene rings is 2. The van der Waals surface area contributed by atoms with Gasteiger partial charge >= 0.3 is 0 Å². The Labute approximate surface area is 167 Å². The number of amides is 1. The van der Waals surface area contributed by atoms with Gasteiger partial charge in [0.05, 0.1) is 12.8 Å². The lowest BCUT2D eigenvalue weighted by molar-refractivity contribution is 0.0957. The number of aryl methyl sites for hydroxylation is 1. The number of aromatic amines is 1. The van der Waals surface area contributed by atoms with Crippen molar-refractivity contribution < 1.29 is 9.53 Å². The van der Waals surface area contributed by atoms with E-state index < -0.39 is 0 Å². The molecule has 0 unspecified atom stereocenters. The molecule has 2 N–H and O–H groups in total. The van der Waals surface area contributed by atoms with Gasteiger partial charge in [0.25, 0.3) is 5.91 Å². The molecule has 0 aliphatic carbocycles. The van der Waals surface area contributed by atoms with E-state index in [1.807, 2.05) is 49.5 Å². The normalized spacial score (nSPS) is 10.9. The van der Waals surface area contributed by atoms with Gasteiger partial charge in [0.15, 0.2) is 0 Å². The minimum Gasteiger partial charge on any atom is -0.497 e. The summed E-state index contributed by atoms with van der Waals surface area (Å²) in [6, 6.07) is 15.9. The first kappa shape index (κ1) is 18.3. The van der Waals surface area contributed by atoms with Crippen LogP contribution in [0.4, 0.5) is 0 Å². The number of hydrogen-bond donors (Lipinski definition) is 2. The standard InChI is InChI=1S/C22H21N3O2S/c1-14-20(28-22(25-14)15-6-5-7-17(12-15)27-2)21(26)23-11-10-16-13-24-19-9-4-3-8-18(16)19/h3-9,12-13,24H,10-11H2,1-2H3,(H,23,26). The zero-order valence-corrected chi connectivity index (χ0v) is 16.6. The van der Waals surface area contributed by atoms with E-state index in [1.54, 1.807) is 7.11 Å². The number of aromatic nitrogens is 2. The molecule has 1 amide bonds. The molecule has 0 fully saturated rings. The summed E-state index contributed by atoms with van der Waals surface area (Å²) >= 11 is 1.41. The lowest BCUT2D eigenvalue weighted by Gasteiger charge is -2.03. The fraction of sp³-hybridized carbons (Fsp3) is 0.182. The molecule has 142 valence electrons. The number of hydrogen-bond acceptors (Lipinski definition) is 4. The first-order chi connectivity index (χ1) is 13.7. The number of para-hydroxylation sites is 1. The van der Waals surface area contributed by atoms with Crippen molar-refractivity contribution in [2.45, 2.75) is 13.3 Å². The third-order valence-electron chi connectivity index (χ3n) is 4.67. The Morgan fingerprint density at radius 1 is 1.21 bits per heavy atom. The van der Waals surface area contributed by atoms with E-state index in [0.717, 1.165) is 34.0 Å². The number of nitrogens with zero attached hydrogens (tertiary/aromatic N) is 1. The van der Waals surface area contributed by atoms with Gasteiger partial charge in [-0.05, 0) is 37.1 Å². The van der Waals surface area contributed by atoms with Gasteiger partial charge in [0.2, 0.25) is 0 Å². The average Bonchev–Trinajstić information content (AvgIpc) is 3.32. The predicted octanol–water partition coefficient (Wildman–Crippen LogP) is 4.58. The zero-order valence-electron chi connectivity index (χ0n) is 15.8. The number of H-pyrrole nitrogens is 1. The van der Waals surface area contributed by atoms with Gasteiger partial charge < -0.3 is 15.0 Å². The second-order valence-corrected chi connectivity index (χ2v) is 7.53. The van der Waals surface area contributed by atoms with Crippen molar-refractivity contribution in [3.05, 3.63) is 70.9 Å². The molecule has 28 heavy (non-hydrogen) atoms. The molecule has 4 aromatic rings. The number of thiazole rings is 1. The first-order valence-electron chi connectivity index (χ1n) is 9.11. The lowest BCUT2D eigenvalue weighted by atomic mass is 10.1. The summed E-state index contributed by atoms with van der Waals surface area (Å²) < 4.78 is 5.27. The number of fused-ring (bicyclic) bond motifs is 1. The molecule has 0 aliphatic heterocycles. The summed E-state index contributed by atoms with van der Waals surface area (Å²) in [5.74, 6) is 0.694. The fourth-order valence-electron chi connectivity index (χ4n) is 3.22. The number of ether oxygens (including phenoxy) is 1. The lowest BCUT2D eigenvalue weighted by Crippen LogP contribution is -2.25. The summed E-state index contributed by atoms with van der Waals surface area (Å²) in [4.78, 5) is 21.1. The van der Waals surface area contributed by atoms with Gasteiger partial charge in [-0.25, -0.2) is 4.98 Å². The van der Waals surface area contributed by atoms with E-state index in [9.17, 15) is 4.79 Å². The highest BCUT2D eigenvalue weighted by molar-refractivity contribution is 7.17. The van der Waals surface area contributed by atoms with E-state index >= 15 is 0 Å². The quantitative estimate of drug-likeness (QED) is 0.505. The van der Waals surface area contributed by atoms with Crippen LogP contribution in [0.15, 0.2) is 54.7 Å². The maximum absolute atomic E-state index is 12.7. The SMILES string of the molecule is COc1cccc(-c2nc(C)c(C(=O)NCCc3c[nH]c4ccccc34)s2)c1. The maximum atomic E-state index is 12.7. The van der Waals surface area contributed by atoms with Crippen LogP contribution in [0, 0.1) is 6.92 Å². The predicted molar refractivity (Wildman–Crippen MR) is 113 cm³/mol. The van der Waals surface area contributed by atoms with Crippen LogP contribution in [0.3, 0.4) is 0 Å². The second kappa shape index (κ2) is 7.86. The molecule has 0 saturated carbocycles. The number of nitrogens with one attached hydrogen (secondary N) is 2. The van der Waals surface area contributed by atoms with Crippen molar-refractivity contribution in [1.82, 2.24) is 15.3 Å². The van der Waals surface area contributed by atoms with E-state index in [0.29, 0.717) is 11.4 Å². The Kier molecular flexibility index (Phi) is 5.12. The number of methoxy groups -OCH3 is 1. The third-order valence-corrected chi connectivity index (χ3v) is 5.88. The van der Waals surface area contributed by atoms with Gasteiger partial charge in [-0.15, -0.1) is 11.3 Å². The zero-order chi connectivity index (χ0) is 19.5. The van der Waals surface area contributed by atoms with Crippen LogP contribution < -0.4 is 10.1 Å². The minimum absolute atomic E-state index is 0.0796. The van der Waals surface area contributed by atoms with Crippen molar-refractivity contribution in [3.63, 3.8) is 0 Å². The Hall–Kier alpha value is -3.12. The highest BCUT2D eigenvalue weighted by atomic mass is 32.1. The Balaban J connectivity index is 1.44. The van der Waals surface area contributed by atoms with E-state index in [1.165, 1.54) is 22.3 Å². The largest absolute Gasteiger partial charge is 0.497 e. The van der Waals surface area contributed by atoms with Gasteiger partial charge in [-0.1, -0.05) is 30.3 Å². The van der Waals surface area contributed by atoms with Gasteiger partial charge in [-0.3, -0.25) is 4.79 Å². The van der Waals surface area contributed by atoms with E-state index in [2.05, 4.69) is 27.4 Å². The average molecular weight is 391 g/mol. The summed E-state index contributed by atoms with van der Waals surface area (Å²) in [5, 5.41) is 5.04. The van der Waals surface area contributed by atoms with Gasteiger partial charge in [-0.2, -0.15) is 0 Å². The third kappa shape index (κ3) is 3.64. The molecule has 0 atom stereocenters. The molecule has 0 aliphatic rings. The van der Waals surface area contributed by atoms with Crippen molar-refractivity contribution in [2.24, 2.45) is 0 Å². The molecule has 0 saturated heterocycles. The molecule has 5 nitrogen and oxygen atoms in total. The first-order valence-corrected chi connectivity index (χ1v) is 9.92. The Morgan fingerprint density at radius 2 is 2.07 bits per heavy atom. The van der Waals surface area contributed by atoms with Crippen LogP contribution in [-0.4, -0.2) is 29.5 Å². The van der Waals surface area contributed by atoms with Crippen LogP contribution in [0.2, 0.25) is 0 Å². The molecule has 4 rings (SSSR count). The molecule has 2 aromatic carbocycles. The summed E-state index contributed by atoms with van der Waals surface area (Å²) in [6.07, 6.45) is 2.78. The molecule has 6 heteroatoms. The van der Waals surface area contributed by atoms with Crippen LogP contribution >= 0.6 is 11.3 Å². The highest BCUT2D eigenvalue weighted by Gasteiger charge is 2.16. The molecular weight excluding hydrogens is 370 g/mol. The smallest absolute Gasteiger partial charge is 0.263 e. The molecule has 0 bridgehead atoms. The minimum atomic E-state index is -0.0796. The second-order valence-electron chi connectivity index (χ2n) is 6.53.